The van der Waals surface area contributed by atoms with E-state index in [0.29, 0.717) is 5.56 Å². The van der Waals surface area contributed by atoms with E-state index in [1.807, 2.05) is 18.2 Å². The summed E-state index contributed by atoms with van der Waals surface area (Å²) in [5.74, 6) is 0.175. The lowest BCUT2D eigenvalue weighted by atomic mass is 9.99. The van der Waals surface area contributed by atoms with E-state index in [9.17, 15) is 13.6 Å². The van der Waals surface area contributed by atoms with Gasteiger partial charge in [0.05, 0.1) is 12.2 Å². The second kappa shape index (κ2) is 7.48. The van der Waals surface area contributed by atoms with Crippen LogP contribution in [0.15, 0.2) is 35.1 Å². The zero-order valence-electron chi connectivity index (χ0n) is 15.1. The maximum Gasteiger partial charge on any atom is 0.280 e. The number of benzene rings is 1. The molecule has 0 amide bonds. The fraction of sp³-hybridized carbons (Fsp3) is 0.500. The van der Waals surface area contributed by atoms with Crippen LogP contribution in [0.4, 0.5) is 8.78 Å². The molecule has 1 saturated heterocycles. The molecule has 1 saturated carbocycles. The molecule has 144 valence electrons. The van der Waals surface area contributed by atoms with Crippen molar-refractivity contribution in [3.8, 4) is 11.4 Å². The summed E-state index contributed by atoms with van der Waals surface area (Å²) >= 11 is 0. The summed E-state index contributed by atoms with van der Waals surface area (Å²) in [5.41, 5.74) is 0.630. The molecule has 1 aromatic heterocycles. The molecule has 0 atom stereocenters. The highest BCUT2D eigenvalue weighted by Crippen LogP contribution is 2.36. The number of H-pyrrole nitrogens is 1. The molecule has 27 heavy (non-hydrogen) atoms. The third kappa shape index (κ3) is 4.09. The topological polar surface area (TPSA) is 58.2 Å². The minimum Gasteiger partial charge on any atom is -0.372 e. The number of alkyl halides is 2. The van der Waals surface area contributed by atoms with Gasteiger partial charge in [-0.25, -0.2) is 13.8 Å². The fourth-order valence-corrected chi connectivity index (χ4v) is 4.18. The van der Waals surface area contributed by atoms with E-state index in [0.717, 1.165) is 50.7 Å². The summed E-state index contributed by atoms with van der Waals surface area (Å²) in [6, 6.07) is 8.40. The van der Waals surface area contributed by atoms with Gasteiger partial charge in [0.15, 0.2) is 0 Å². The predicted molar refractivity (Wildman–Crippen MR) is 97.7 cm³/mol. The summed E-state index contributed by atoms with van der Waals surface area (Å²) in [6.07, 6.45) is 1.92. The first-order chi connectivity index (χ1) is 13.0. The highest BCUT2D eigenvalue weighted by atomic mass is 19.3. The first kappa shape index (κ1) is 18.3. The average Bonchev–Trinajstić information content (AvgIpc) is 3.09. The average molecular weight is 375 g/mol. The predicted octanol–water partition coefficient (Wildman–Crippen LogP) is 3.52. The Kier molecular flexibility index (Phi) is 5.06. The van der Waals surface area contributed by atoms with Crippen LogP contribution in [0.25, 0.3) is 11.4 Å². The lowest BCUT2D eigenvalue weighted by molar-refractivity contribution is -0.106. The van der Waals surface area contributed by atoms with Gasteiger partial charge < -0.3 is 9.72 Å². The number of morpholine rings is 1. The van der Waals surface area contributed by atoms with Gasteiger partial charge in [0, 0.05) is 31.3 Å². The minimum atomic E-state index is -2.77. The Hall–Kier alpha value is -2.12. The number of nitrogens with one attached hydrogen (secondary N) is 1. The third-order valence-electron chi connectivity index (χ3n) is 5.43. The van der Waals surface area contributed by atoms with E-state index in [1.165, 1.54) is 12.8 Å². The van der Waals surface area contributed by atoms with Crippen LogP contribution in [0.2, 0.25) is 0 Å². The molecule has 1 aromatic carbocycles. The van der Waals surface area contributed by atoms with E-state index in [-0.39, 0.29) is 11.4 Å². The van der Waals surface area contributed by atoms with Crippen molar-refractivity contribution in [2.75, 3.05) is 19.7 Å². The molecule has 4 rings (SSSR count). The first-order valence-electron chi connectivity index (χ1n) is 9.38. The number of aromatic nitrogens is 2. The Labute approximate surface area is 156 Å². The second-order valence-corrected chi connectivity index (χ2v) is 7.47. The summed E-state index contributed by atoms with van der Waals surface area (Å²) in [4.78, 5) is 20.5. The van der Waals surface area contributed by atoms with Crippen LogP contribution in [-0.4, -0.2) is 40.2 Å². The molecule has 2 heterocycles. The number of halogens is 2. The molecule has 0 unspecified atom stereocenters. The van der Waals surface area contributed by atoms with Crippen LogP contribution in [0.3, 0.4) is 0 Å². The van der Waals surface area contributed by atoms with Crippen molar-refractivity contribution in [2.24, 2.45) is 0 Å². The van der Waals surface area contributed by atoms with E-state index >= 15 is 0 Å². The minimum absolute atomic E-state index is 0.00818. The second-order valence-electron chi connectivity index (χ2n) is 7.47. The van der Waals surface area contributed by atoms with E-state index in [4.69, 9.17) is 4.74 Å². The molecule has 0 radical (unpaired) electrons. The molecule has 0 bridgehead atoms. The molecule has 1 N–H and O–H groups in total. The van der Waals surface area contributed by atoms with Crippen molar-refractivity contribution in [3.63, 3.8) is 0 Å². The van der Waals surface area contributed by atoms with Gasteiger partial charge in [-0.15, -0.1) is 0 Å². The van der Waals surface area contributed by atoms with Crippen molar-refractivity contribution in [2.45, 2.75) is 44.3 Å². The fourth-order valence-electron chi connectivity index (χ4n) is 4.18. The van der Waals surface area contributed by atoms with E-state index in [2.05, 4.69) is 14.9 Å². The number of hydrogen-bond acceptors (Lipinski definition) is 4. The zero-order valence-corrected chi connectivity index (χ0v) is 15.1. The molecule has 2 fully saturated rings. The highest BCUT2D eigenvalue weighted by Gasteiger charge is 2.39. The smallest absolute Gasteiger partial charge is 0.280 e. The summed E-state index contributed by atoms with van der Waals surface area (Å²) in [5, 5.41) is 0. The maximum atomic E-state index is 12.9. The van der Waals surface area contributed by atoms with Gasteiger partial charge in [0.25, 0.3) is 12.0 Å². The summed E-state index contributed by atoms with van der Waals surface area (Å²) < 4.78 is 32.0. The van der Waals surface area contributed by atoms with Gasteiger partial charge >= 0.3 is 0 Å². The standard InChI is InChI=1S/C20H23F2N3O2/c21-18(22)16-11-17(26)24-19(23-16)15-5-3-4-14(10-15)12-25-8-9-27-20(13-25)6-1-2-7-20/h3-5,10-11,18H,1-2,6-9,12-13H2,(H,23,24,26). The zero-order chi connectivity index (χ0) is 18.9. The number of aromatic amines is 1. The Bertz CT molecular complexity index is 862. The van der Waals surface area contributed by atoms with Crippen molar-refractivity contribution >= 4 is 0 Å². The molecule has 7 heteroatoms. The van der Waals surface area contributed by atoms with Crippen molar-refractivity contribution in [1.82, 2.24) is 14.9 Å². The number of rotatable bonds is 4. The van der Waals surface area contributed by atoms with Crippen LogP contribution >= 0.6 is 0 Å². The van der Waals surface area contributed by atoms with Crippen LogP contribution in [0, 0.1) is 0 Å². The monoisotopic (exact) mass is 375 g/mol. The first-order valence-corrected chi connectivity index (χ1v) is 9.38. The Morgan fingerprint density at radius 3 is 2.85 bits per heavy atom. The van der Waals surface area contributed by atoms with E-state index < -0.39 is 17.7 Å². The van der Waals surface area contributed by atoms with Crippen molar-refractivity contribution < 1.29 is 13.5 Å². The maximum absolute atomic E-state index is 12.9. The molecule has 1 spiro atoms. The van der Waals surface area contributed by atoms with Gasteiger partial charge in [-0.3, -0.25) is 9.69 Å². The van der Waals surface area contributed by atoms with E-state index in [1.54, 1.807) is 6.07 Å². The van der Waals surface area contributed by atoms with Gasteiger partial charge in [0.1, 0.15) is 11.5 Å². The van der Waals surface area contributed by atoms with Crippen molar-refractivity contribution in [3.05, 3.63) is 51.9 Å². The van der Waals surface area contributed by atoms with Crippen LogP contribution in [0.1, 0.15) is 43.4 Å². The Morgan fingerprint density at radius 2 is 2.07 bits per heavy atom. The Balaban J connectivity index is 1.54. The molecule has 2 aromatic rings. The quantitative estimate of drug-likeness (QED) is 0.888. The molecular weight excluding hydrogens is 352 g/mol. The third-order valence-corrected chi connectivity index (χ3v) is 5.43. The summed E-state index contributed by atoms with van der Waals surface area (Å²) in [6.45, 7) is 3.30. The van der Waals surface area contributed by atoms with Crippen molar-refractivity contribution in [1.29, 1.82) is 0 Å². The van der Waals surface area contributed by atoms with Crippen LogP contribution in [0.5, 0.6) is 0 Å². The SMILES string of the molecule is O=c1cc(C(F)F)nc(-c2cccc(CN3CCOC4(CCCC4)C3)c2)[nH]1. The largest absolute Gasteiger partial charge is 0.372 e. The highest BCUT2D eigenvalue weighted by molar-refractivity contribution is 5.56. The lowest BCUT2D eigenvalue weighted by Crippen LogP contribution is -2.49. The van der Waals surface area contributed by atoms with Gasteiger partial charge in [-0.2, -0.15) is 0 Å². The van der Waals surface area contributed by atoms with Crippen LogP contribution < -0.4 is 5.56 Å². The number of ether oxygens (including phenoxy) is 1. The molecular formula is C20H23F2N3O2. The summed E-state index contributed by atoms with van der Waals surface area (Å²) in [7, 11) is 0. The lowest BCUT2D eigenvalue weighted by Gasteiger charge is -2.40. The molecule has 5 nitrogen and oxygen atoms in total. The number of nitrogens with zero attached hydrogens (tertiary/aromatic N) is 2. The normalized spacial score (nSPS) is 19.8. The molecule has 2 aliphatic rings. The van der Waals surface area contributed by atoms with Gasteiger partial charge in [0.2, 0.25) is 0 Å². The van der Waals surface area contributed by atoms with Gasteiger partial charge in [-0.1, -0.05) is 31.0 Å². The molecule has 1 aliphatic carbocycles. The number of hydrogen-bond donors (Lipinski definition) is 1. The van der Waals surface area contributed by atoms with Crippen LogP contribution in [-0.2, 0) is 11.3 Å². The molecule has 1 aliphatic heterocycles. The van der Waals surface area contributed by atoms with Gasteiger partial charge in [-0.05, 0) is 24.5 Å². The Morgan fingerprint density at radius 1 is 1.26 bits per heavy atom.